The SMILES string of the molecule is CCC1CCC(=O)C(CC2Cc3cc(C)ccc3O2)C1. The van der Waals surface area contributed by atoms with Crippen LogP contribution in [0.15, 0.2) is 18.2 Å². The van der Waals surface area contributed by atoms with E-state index < -0.39 is 0 Å². The van der Waals surface area contributed by atoms with Crippen molar-refractivity contribution in [2.24, 2.45) is 11.8 Å². The summed E-state index contributed by atoms with van der Waals surface area (Å²) in [6.45, 7) is 4.35. The normalized spacial score (nSPS) is 29.1. The molecule has 2 nitrogen and oxygen atoms in total. The maximum atomic E-state index is 12.1. The standard InChI is InChI=1S/C18H24O2/c1-3-13-5-6-17(19)14(9-13)10-16-11-15-8-12(2)4-7-18(15)20-16/h4,7-8,13-14,16H,3,5-6,9-11H2,1-2H3. The number of benzene rings is 1. The fourth-order valence-electron chi connectivity index (χ4n) is 3.70. The molecule has 1 aliphatic carbocycles. The predicted molar refractivity (Wildman–Crippen MR) is 80.0 cm³/mol. The molecule has 0 saturated heterocycles. The second kappa shape index (κ2) is 5.59. The van der Waals surface area contributed by atoms with Crippen molar-refractivity contribution in [2.45, 2.75) is 58.5 Å². The van der Waals surface area contributed by atoms with Crippen LogP contribution >= 0.6 is 0 Å². The highest BCUT2D eigenvalue weighted by Crippen LogP contribution is 2.36. The molecule has 0 radical (unpaired) electrons. The number of carbonyl (C=O) groups is 1. The summed E-state index contributed by atoms with van der Waals surface area (Å²) in [5.41, 5.74) is 2.60. The van der Waals surface area contributed by atoms with Crippen molar-refractivity contribution in [3.8, 4) is 5.75 Å². The number of hydrogen-bond donors (Lipinski definition) is 0. The van der Waals surface area contributed by atoms with E-state index in [1.165, 1.54) is 17.5 Å². The van der Waals surface area contributed by atoms with E-state index in [0.717, 1.165) is 43.8 Å². The molecule has 1 heterocycles. The van der Waals surface area contributed by atoms with Crippen LogP contribution in [0.1, 0.15) is 50.2 Å². The summed E-state index contributed by atoms with van der Waals surface area (Å²) in [5.74, 6) is 2.46. The maximum Gasteiger partial charge on any atom is 0.136 e. The van der Waals surface area contributed by atoms with Crippen molar-refractivity contribution in [2.75, 3.05) is 0 Å². The highest BCUT2D eigenvalue weighted by Gasteiger charge is 2.32. The lowest BCUT2D eigenvalue weighted by atomic mass is 9.77. The molecular weight excluding hydrogens is 248 g/mol. The summed E-state index contributed by atoms with van der Waals surface area (Å²) in [4.78, 5) is 12.1. The van der Waals surface area contributed by atoms with Crippen LogP contribution in [0.25, 0.3) is 0 Å². The molecule has 3 rings (SSSR count). The molecule has 1 fully saturated rings. The van der Waals surface area contributed by atoms with E-state index in [4.69, 9.17) is 4.74 Å². The zero-order valence-electron chi connectivity index (χ0n) is 12.5. The minimum Gasteiger partial charge on any atom is -0.490 e. The third-order valence-corrected chi connectivity index (χ3v) is 4.95. The molecule has 0 amide bonds. The van der Waals surface area contributed by atoms with Gasteiger partial charge in [-0.05, 0) is 43.7 Å². The zero-order chi connectivity index (χ0) is 14.1. The van der Waals surface area contributed by atoms with Crippen LogP contribution in [0.3, 0.4) is 0 Å². The highest BCUT2D eigenvalue weighted by atomic mass is 16.5. The van der Waals surface area contributed by atoms with E-state index in [2.05, 4.69) is 32.0 Å². The Morgan fingerprint density at radius 1 is 1.35 bits per heavy atom. The molecule has 2 heteroatoms. The van der Waals surface area contributed by atoms with Crippen LogP contribution in [-0.4, -0.2) is 11.9 Å². The fraction of sp³-hybridized carbons (Fsp3) is 0.611. The van der Waals surface area contributed by atoms with Gasteiger partial charge in [-0.15, -0.1) is 0 Å². The monoisotopic (exact) mass is 272 g/mol. The summed E-state index contributed by atoms with van der Waals surface area (Å²) in [5, 5.41) is 0. The molecule has 2 aliphatic rings. The van der Waals surface area contributed by atoms with Gasteiger partial charge in [-0.2, -0.15) is 0 Å². The Morgan fingerprint density at radius 3 is 3.00 bits per heavy atom. The first-order valence-corrected chi connectivity index (χ1v) is 7.94. The van der Waals surface area contributed by atoms with E-state index in [9.17, 15) is 4.79 Å². The van der Waals surface area contributed by atoms with Crippen LogP contribution < -0.4 is 4.74 Å². The predicted octanol–water partition coefficient (Wildman–Crippen LogP) is 4.08. The molecule has 0 N–H and O–H groups in total. The Balaban J connectivity index is 1.63. The summed E-state index contributed by atoms with van der Waals surface area (Å²) in [6.07, 6.45) is 6.23. The minimum atomic E-state index is 0.205. The zero-order valence-corrected chi connectivity index (χ0v) is 12.5. The number of rotatable bonds is 3. The van der Waals surface area contributed by atoms with Gasteiger partial charge in [0.15, 0.2) is 0 Å². The van der Waals surface area contributed by atoms with Gasteiger partial charge in [-0.25, -0.2) is 0 Å². The van der Waals surface area contributed by atoms with Crippen molar-refractivity contribution in [1.29, 1.82) is 0 Å². The molecule has 1 saturated carbocycles. The van der Waals surface area contributed by atoms with E-state index >= 15 is 0 Å². The number of Topliss-reactive ketones (excluding diaryl/α,β-unsaturated/α-hetero) is 1. The Hall–Kier alpha value is -1.31. The van der Waals surface area contributed by atoms with Crippen LogP contribution in [0.5, 0.6) is 5.75 Å². The summed E-state index contributed by atoms with van der Waals surface area (Å²) < 4.78 is 6.03. The van der Waals surface area contributed by atoms with Gasteiger partial charge in [0.2, 0.25) is 0 Å². The van der Waals surface area contributed by atoms with Crippen molar-refractivity contribution >= 4 is 5.78 Å². The van der Waals surface area contributed by atoms with Crippen molar-refractivity contribution in [1.82, 2.24) is 0 Å². The summed E-state index contributed by atoms with van der Waals surface area (Å²) in [7, 11) is 0. The molecule has 3 unspecified atom stereocenters. The molecule has 20 heavy (non-hydrogen) atoms. The molecule has 0 aromatic heterocycles. The number of ether oxygens (including phenoxy) is 1. The number of hydrogen-bond acceptors (Lipinski definition) is 2. The minimum absolute atomic E-state index is 0.205. The molecule has 1 aromatic carbocycles. The molecule has 1 aromatic rings. The Bertz CT molecular complexity index is 506. The van der Waals surface area contributed by atoms with Gasteiger partial charge < -0.3 is 4.74 Å². The highest BCUT2D eigenvalue weighted by molar-refractivity contribution is 5.81. The average Bonchev–Trinajstić information content (AvgIpc) is 2.82. The molecule has 3 atom stereocenters. The van der Waals surface area contributed by atoms with Gasteiger partial charge in [0, 0.05) is 18.8 Å². The first-order valence-electron chi connectivity index (χ1n) is 7.94. The second-order valence-corrected chi connectivity index (χ2v) is 6.50. The number of ketones is 1. The van der Waals surface area contributed by atoms with Crippen molar-refractivity contribution in [3.05, 3.63) is 29.3 Å². The summed E-state index contributed by atoms with van der Waals surface area (Å²) >= 11 is 0. The van der Waals surface area contributed by atoms with Crippen LogP contribution in [0.4, 0.5) is 0 Å². The Labute approximate surface area is 121 Å². The van der Waals surface area contributed by atoms with Gasteiger partial charge in [-0.3, -0.25) is 4.79 Å². The first-order chi connectivity index (χ1) is 9.65. The lowest BCUT2D eigenvalue weighted by Crippen LogP contribution is -2.29. The van der Waals surface area contributed by atoms with Crippen LogP contribution in [0, 0.1) is 18.8 Å². The van der Waals surface area contributed by atoms with Crippen LogP contribution in [-0.2, 0) is 11.2 Å². The van der Waals surface area contributed by atoms with Gasteiger partial charge in [-0.1, -0.05) is 31.0 Å². The third kappa shape index (κ3) is 2.74. The summed E-state index contributed by atoms with van der Waals surface area (Å²) in [6, 6.07) is 6.38. The molecule has 0 bridgehead atoms. The lowest BCUT2D eigenvalue weighted by Gasteiger charge is -2.28. The van der Waals surface area contributed by atoms with E-state index in [-0.39, 0.29) is 12.0 Å². The van der Waals surface area contributed by atoms with Crippen LogP contribution in [0.2, 0.25) is 0 Å². The Morgan fingerprint density at radius 2 is 2.20 bits per heavy atom. The van der Waals surface area contributed by atoms with Crippen molar-refractivity contribution in [3.63, 3.8) is 0 Å². The average molecular weight is 272 g/mol. The molecular formula is C18H24O2. The molecule has 0 spiro atoms. The van der Waals surface area contributed by atoms with Crippen molar-refractivity contribution < 1.29 is 9.53 Å². The fourth-order valence-corrected chi connectivity index (χ4v) is 3.70. The second-order valence-electron chi connectivity index (χ2n) is 6.50. The Kier molecular flexibility index (Phi) is 3.82. The van der Waals surface area contributed by atoms with Gasteiger partial charge in [0.05, 0.1) is 0 Å². The quantitative estimate of drug-likeness (QED) is 0.828. The van der Waals surface area contributed by atoms with E-state index in [1.807, 2.05) is 0 Å². The van der Waals surface area contributed by atoms with E-state index in [0.29, 0.717) is 5.78 Å². The molecule has 108 valence electrons. The maximum absolute atomic E-state index is 12.1. The smallest absolute Gasteiger partial charge is 0.136 e. The first kappa shape index (κ1) is 13.7. The van der Waals surface area contributed by atoms with Gasteiger partial charge in [0.1, 0.15) is 17.6 Å². The van der Waals surface area contributed by atoms with Gasteiger partial charge in [0.25, 0.3) is 0 Å². The number of aryl methyl sites for hydroxylation is 1. The number of carbonyl (C=O) groups excluding carboxylic acids is 1. The molecule has 1 aliphatic heterocycles. The van der Waals surface area contributed by atoms with Gasteiger partial charge >= 0.3 is 0 Å². The largest absolute Gasteiger partial charge is 0.490 e. The topological polar surface area (TPSA) is 26.3 Å². The van der Waals surface area contributed by atoms with E-state index in [1.54, 1.807) is 0 Å². The third-order valence-electron chi connectivity index (χ3n) is 4.95. The lowest BCUT2D eigenvalue weighted by molar-refractivity contribution is -0.126. The number of fused-ring (bicyclic) bond motifs is 1.